The number of nitrogens with two attached hydrogens (primary N) is 1. The fraction of sp³-hybridized carbons (Fsp3) is 0.667. The molecule has 1 rings (SSSR count). The number of hydrogen-bond acceptors (Lipinski definition) is 5. The minimum Gasteiger partial charge on any atom is -0.462 e. The van der Waals surface area contributed by atoms with E-state index in [1.54, 1.807) is 14.0 Å². The summed E-state index contributed by atoms with van der Waals surface area (Å²) in [5, 5.41) is 0. The number of carbonyl (C=O) groups is 1. The first kappa shape index (κ1) is 13.7. The Labute approximate surface area is 102 Å². The quantitative estimate of drug-likeness (QED) is 0.450. The molecule has 0 aromatic carbocycles. The molecule has 0 aromatic heterocycles. The molecule has 0 radical (unpaired) electrons. The van der Waals surface area contributed by atoms with Crippen LogP contribution in [0.4, 0.5) is 0 Å². The van der Waals surface area contributed by atoms with Crippen LogP contribution in [-0.2, 0) is 14.3 Å². The minimum absolute atomic E-state index is 0.182. The van der Waals surface area contributed by atoms with Crippen LogP contribution in [0.15, 0.2) is 16.3 Å². The molecular weight excluding hydrogens is 220 g/mol. The molecule has 1 aliphatic rings. The van der Waals surface area contributed by atoms with Gasteiger partial charge in [0.2, 0.25) is 0 Å². The molecule has 1 aliphatic heterocycles. The molecule has 0 spiro atoms. The number of hydrogen-bond donors (Lipinski definition) is 1. The Morgan fingerprint density at radius 2 is 2.18 bits per heavy atom. The van der Waals surface area contributed by atoms with Crippen molar-refractivity contribution >= 4 is 12.2 Å². The van der Waals surface area contributed by atoms with Gasteiger partial charge in [0.05, 0.1) is 12.2 Å². The molecule has 1 fully saturated rings. The lowest BCUT2D eigenvalue weighted by atomic mass is 9.93. The SMILES string of the molecule is CCOC(=O)C(C=NC)=C(N)C1CCOCC1. The molecule has 96 valence electrons. The summed E-state index contributed by atoms with van der Waals surface area (Å²) in [6, 6.07) is 0. The average molecular weight is 240 g/mol. The number of ether oxygens (including phenoxy) is 2. The smallest absolute Gasteiger partial charge is 0.341 e. The highest BCUT2D eigenvalue weighted by molar-refractivity contribution is 6.10. The van der Waals surface area contributed by atoms with Crippen molar-refractivity contribution in [3.8, 4) is 0 Å². The van der Waals surface area contributed by atoms with Gasteiger partial charge < -0.3 is 15.2 Å². The van der Waals surface area contributed by atoms with E-state index in [4.69, 9.17) is 15.2 Å². The Morgan fingerprint density at radius 3 is 2.71 bits per heavy atom. The lowest BCUT2D eigenvalue weighted by molar-refractivity contribution is -0.137. The molecule has 1 heterocycles. The second kappa shape index (κ2) is 7.06. The number of esters is 1. The summed E-state index contributed by atoms with van der Waals surface area (Å²) in [6.07, 6.45) is 3.15. The first-order valence-corrected chi connectivity index (χ1v) is 5.87. The predicted octanol–water partition coefficient (Wildman–Crippen LogP) is 0.890. The van der Waals surface area contributed by atoms with E-state index in [1.807, 2.05) is 0 Å². The molecule has 5 nitrogen and oxygen atoms in total. The van der Waals surface area contributed by atoms with Crippen LogP contribution in [0.5, 0.6) is 0 Å². The zero-order valence-electron chi connectivity index (χ0n) is 10.4. The highest BCUT2D eigenvalue weighted by Gasteiger charge is 2.22. The summed E-state index contributed by atoms with van der Waals surface area (Å²) in [5.74, 6) is -0.219. The van der Waals surface area contributed by atoms with Gasteiger partial charge in [0.15, 0.2) is 0 Å². The van der Waals surface area contributed by atoms with E-state index >= 15 is 0 Å². The molecule has 0 atom stereocenters. The topological polar surface area (TPSA) is 73.9 Å². The molecular formula is C12H20N2O3. The van der Waals surface area contributed by atoms with Crippen molar-refractivity contribution in [3.63, 3.8) is 0 Å². The summed E-state index contributed by atoms with van der Waals surface area (Å²) in [5.41, 5.74) is 6.99. The average Bonchev–Trinajstić information content (AvgIpc) is 2.36. The third kappa shape index (κ3) is 3.85. The molecule has 17 heavy (non-hydrogen) atoms. The Hall–Kier alpha value is -1.36. The number of aliphatic imine (C=N–C) groups is 1. The number of rotatable bonds is 4. The van der Waals surface area contributed by atoms with Gasteiger partial charge in [-0.05, 0) is 19.8 Å². The van der Waals surface area contributed by atoms with Crippen molar-refractivity contribution in [2.24, 2.45) is 16.6 Å². The van der Waals surface area contributed by atoms with Gasteiger partial charge in [0.25, 0.3) is 0 Å². The number of carbonyl (C=O) groups excluding carboxylic acids is 1. The van der Waals surface area contributed by atoms with Crippen LogP contribution in [0.25, 0.3) is 0 Å². The first-order valence-electron chi connectivity index (χ1n) is 5.87. The van der Waals surface area contributed by atoms with Gasteiger partial charge in [-0.1, -0.05) is 0 Å². The molecule has 0 unspecified atom stereocenters. The molecule has 0 saturated carbocycles. The van der Waals surface area contributed by atoms with Gasteiger partial charge in [-0.3, -0.25) is 4.99 Å². The molecule has 5 heteroatoms. The third-order valence-corrected chi connectivity index (χ3v) is 2.73. The standard InChI is InChI=1S/C12H20N2O3/c1-3-17-12(15)10(8-14-2)11(13)9-4-6-16-7-5-9/h8-9H,3-7,13H2,1-2H3. The second-order valence-electron chi connectivity index (χ2n) is 3.86. The molecule has 0 bridgehead atoms. The Kier molecular flexibility index (Phi) is 5.69. The Balaban J connectivity index is 2.87. The highest BCUT2D eigenvalue weighted by atomic mass is 16.5. The van der Waals surface area contributed by atoms with Crippen LogP contribution >= 0.6 is 0 Å². The fourth-order valence-electron chi connectivity index (χ4n) is 1.81. The fourth-order valence-corrected chi connectivity index (χ4v) is 1.81. The van der Waals surface area contributed by atoms with E-state index in [9.17, 15) is 4.79 Å². The van der Waals surface area contributed by atoms with Crippen molar-refractivity contribution in [2.75, 3.05) is 26.9 Å². The third-order valence-electron chi connectivity index (χ3n) is 2.73. The largest absolute Gasteiger partial charge is 0.462 e. The summed E-state index contributed by atoms with van der Waals surface area (Å²) >= 11 is 0. The van der Waals surface area contributed by atoms with Gasteiger partial charge in [-0.2, -0.15) is 0 Å². The van der Waals surface area contributed by atoms with Crippen LogP contribution in [0.2, 0.25) is 0 Å². The molecule has 2 N–H and O–H groups in total. The van der Waals surface area contributed by atoms with Crippen molar-refractivity contribution in [1.29, 1.82) is 0 Å². The van der Waals surface area contributed by atoms with E-state index in [0.717, 1.165) is 12.8 Å². The van der Waals surface area contributed by atoms with Crippen LogP contribution in [-0.4, -0.2) is 39.1 Å². The first-order chi connectivity index (χ1) is 8.20. The van der Waals surface area contributed by atoms with Crippen molar-refractivity contribution in [3.05, 3.63) is 11.3 Å². The van der Waals surface area contributed by atoms with Crippen molar-refractivity contribution in [1.82, 2.24) is 0 Å². The lowest BCUT2D eigenvalue weighted by Gasteiger charge is -2.23. The summed E-state index contributed by atoms with van der Waals surface area (Å²) in [6.45, 7) is 3.47. The minimum atomic E-state index is -0.401. The van der Waals surface area contributed by atoms with Gasteiger partial charge in [0, 0.05) is 38.1 Å². The summed E-state index contributed by atoms with van der Waals surface area (Å²) in [7, 11) is 1.61. The van der Waals surface area contributed by atoms with Crippen molar-refractivity contribution in [2.45, 2.75) is 19.8 Å². The van der Waals surface area contributed by atoms with Crippen LogP contribution in [0, 0.1) is 5.92 Å². The lowest BCUT2D eigenvalue weighted by Crippen LogP contribution is -2.25. The van der Waals surface area contributed by atoms with Gasteiger partial charge >= 0.3 is 5.97 Å². The Bertz CT molecular complexity index is 318. The maximum atomic E-state index is 11.7. The molecule has 0 aliphatic carbocycles. The maximum Gasteiger partial charge on any atom is 0.341 e. The second-order valence-corrected chi connectivity index (χ2v) is 3.86. The van der Waals surface area contributed by atoms with Crippen LogP contribution in [0.1, 0.15) is 19.8 Å². The zero-order valence-corrected chi connectivity index (χ0v) is 10.4. The summed E-state index contributed by atoms with van der Waals surface area (Å²) < 4.78 is 10.2. The van der Waals surface area contributed by atoms with Gasteiger partial charge in [-0.25, -0.2) is 4.79 Å². The van der Waals surface area contributed by atoms with E-state index in [0.29, 0.717) is 31.1 Å². The predicted molar refractivity (Wildman–Crippen MR) is 65.8 cm³/mol. The van der Waals surface area contributed by atoms with E-state index in [-0.39, 0.29) is 5.92 Å². The van der Waals surface area contributed by atoms with E-state index in [2.05, 4.69) is 4.99 Å². The monoisotopic (exact) mass is 240 g/mol. The Morgan fingerprint density at radius 1 is 1.53 bits per heavy atom. The molecule has 1 saturated heterocycles. The molecule has 0 amide bonds. The number of nitrogens with zero attached hydrogens (tertiary/aromatic N) is 1. The van der Waals surface area contributed by atoms with Gasteiger partial charge in [0.1, 0.15) is 0 Å². The van der Waals surface area contributed by atoms with E-state index < -0.39 is 5.97 Å². The molecule has 0 aromatic rings. The number of allylic oxidation sites excluding steroid dienone is 1. The highest BCUT2D eigenvalue weighted by Crippen LogP contribution is 2.22. The summed E-state index contributed by atoms with van der Waals surface area (Å²) in [4.78, 5) is 15.6. The van der Waals surface area contributed by atoms with Crippen molar-refractivity contribution < 1.29 is 14.3 Å². The van der Waals surface area contributed by atoms with Crippen LogP contribution in [0.3, 0.4) is 0 Å². The van der Waals surface area contributed by atoms with Gasteiger partial charge in [-0.15, -0.1) is 0 Å². The normalized spacial score (nSPS) is 19.2. The zero-order chi connectivity index (χ0) is 12.7. The van der Waals surface area contributed by atoms with Crippen LogP contribution < -0.4 is 5.73 Å². The van der Waals surface area contributed by atoms with E-state index in [1.165, 1.54) is 6.21 Å². The maximum absolute atomic E-state index is 11.7.